The molecule has 1 unspecified atom stereocenters. The fourth-order valence-electron chi connectivity index (χ4n) is 1.77. The van der Waals surface area contributed by atoms with Crippen molar-refractivity contribution in [1.29, 1.82) is 0 Å². The van der Waals surface area contributed by atoms with Crippen molar-refractivity contribution in [3.05, 3.63) is 46.4 Å². The maximum Gasteiger partial charge on any atom is 0.248 e. The SMILES string of the molecule is CC(C)(C)NC(=O)C1=C(S(=O)Cc2ccccc2)C1. The highest BCUT2D eigenvalue weighted by atomic mass is 32.2. The zero-order valence-corrected chi connectivity index (χ0v) is 12.3. The third kappa shape index (κ3) is 4.03. The van der Waals surface area contributed by atoms with Gasteiger partial charge in [-0.05, 0) is 26.3 Å². The molecule has 0 aliphatic heterocycles. The maximum atomic E-state index is 12.1. The van der Waals surface area contributed by atoms with Crippen LogP contribution in [0.4, 0.5) is 0 Å². The van der Waals surface area contributed by atoms with Gasteiger partial charge in [-0.25, -0.2) is 0 Å². The predicted octanol–water partition coefficient (Wildman–Crippen LogP) is 2.51. The number of benzene rings is 1. The maximum absolute atomic E-state index is 12.1. The molecule has 1 atom stereocenters. The summed E-state index contributed by atoms with van der Waals surface area (Å²) in [6, 6.07) is 9.71. The van der Waals surface area contributed by atoms with E-state index in [1.165, 1.54) is 0 Å². The van der Waals surface area contributed by atoms with Gasteiger partial charge in [0.15, 0.2) is 0 Å². The Morgan fingerprint density at radius 3 is 2.47 bits per heavy atom. The van der Waals surface area contributed by atoms with E-state index < -0.39 is 10.8 Å². The highest BCUT2D eigenvalue weighted by molar-refractivity contribution is 7.88. The van der Waals surface area contributed by atoms with Crippen molar-refractivity contribution in [2.24, 2.45) is 0 Å². The second-order valence-corrected chi connectivity index (χ2v) is 7.23. The molecule has 1 amide bonds. The van der Waals surface area contributed by atoms with Crippen molar-refractivity contribution in [3.8, 4) is 0 Å². The summed E-state index contributed by atoms with van der Waals surface area (Å²) in [7, 11) is -1.07. The zero-order chi connectivity index (χ0) is 14.0. The van der Waals surface area contributed by atoms with Gasteiger partial charge in [-0.1, -0.05) is 30.3 Å². The molecule has 0 spiro atoms. The van der Waals surface area contributed by atoms with E-state index in [0.29, 0.717) is 17.7 Å². The van der Waals surface area contributed by atoms with E-state index in [1.54, 1.807) is 0 Å². The van der Waals surface area contributed by atoms with Crippen molar-refractivity contribution in [2.75, 3.05) is 0 Å². The van der Waals surface area contributed by atoms with Crippen LogP contribution in [0.5, 0.6) is 0 Å². The van der Waals surface area contributed by atoms with Crippen LogP contribution in [0.3, 0.4) is 0 Å². The van der Waals surface area contributed by atoms with E-state index in [4.69, 9.17) is 0 Å². The van der Waals surface area contributed by atoms with Gasteiger partial charge in [-0.2, -0.15) is 0 Å². The van der Waals surface area contributed by atoms with Gasteiger partial charge in [0.1, 0.15) is 0 Å². The number of carbonyl (C=O) groups is 1. The van der Waals surface area contributed by atoms with Crippen LogP contribution in [0, 0.1) is 0 Å². The first kappa shape index (κ1) is 14.0. The number of hydrogen-bond donors (Lipinski definition) is 1. The fraction of sp³-hybridized carbons (Fsp3) is 0.400. The van der Waals surface area contributed by atoms with Crippen LogP contribution in [-0.4, -0.2) is 15.7 Å². The molecule has 2 rings (SSSR count). The molecule has 0 aromatic heterocycles. The highest BCUT2D eigenvalue weighted by Crippen LogP contribution is 2.35. The molecule has 1 aliphatic rings. The molecule has 0 saturated carbocycles. The molecule has 1 aromatic carbocycles. The van der Waals surface area contributed by atoms with Crippen LogP contribution in [0.1, 0.15) is 32.8 Å². The monoisotopic (exact) mass is 277 g/mol. The van der Waals surface area contributed by atoms with Gasteiger partial charge < -0.3 is 5.32 Å². The molecule has 1 N–H and O–H groups in total. The van der Waals surface area contributed by atoms with E-state index >= 15 is 0 Å². The number of hydrogen-bond acceptors (Lipinski definition) is 2. The summed E-state index contributed by atoms with van der Waals surface area (Å²) in [4.78, 5) is 12.7. The summed E-state index contributed by atoms with van der Waals surface area (Å²) in [5.41, 5.74) is 1.48. The Morgan fingerprint density at radius 1 is 1.26 bits per heavy atom. The summed E-state index contributed by atoms with van der Waals surface area (Å²) >= 11 is 0. The van der Waals surface area contributed by atoms with Crippen molar-refractivity contribution in [3.63, 3.8) is 0 Å². The highest BCUT2D eigenvalue weighted by Gasteiger charge is 2.33. The molecule has 19 heavy (non-hydrogen) atoms. The van der Waals surface area contributed by atoms with Crippen LogP contribution in [0.25, 0.3) is 0 Å². The van der Waals surface area contributed by atoms with Crippen LogP contribution >= 0.6 is 0 Å². The summed E-state index contributed by atoms with van der Waals surface area (Å²) < 4.78 is 12.1. The summed E-state index contributed by atoms with van der Waals surface area (Å²) in [6.45, 7) is 5.82. The molecule has 4 heteroatoms. The average Bonchev–Trinajstić information content (AvgIpc) is 3.08. The first-order valence-electron chi connectivity index (χ1n) is 6.33. The number of carbonyl (C=O) groups excluding carboxylic acids is 1. The van der Waals surface area contributed by atoms with E-state index in [-0.39, 0.29) is 11.4 Å². The number of amides is 1. The van der Waals surface area contributed by atoms with E-state index in [9.17, 15) is 9.00 Å². The fourth-order valence-corrected chi connectivity index (χ4v) is 3.11. The lowest BCUT2D eigenvalue weighted by Gasteiger charge is -2.19. The van der Waals surface area contributed by atoms with E-state index in [1.807, 2.05) is 51.1 Å². The molecule has 102 valence electrons. The van der Waals surface area contributed by atoms with Gasteiger partial charge in [-0.15, -0.1) is 0 Å². The minimum atomic E-state index is -1.07. The average molecular weight is 277 g/mol. The van der Waals surface area contributed by atoms with Gasteiger partial charge in [-0.3, -0.25) is 9.00 Å². The molecular weight excluding hydrogens is 258 g/mol. The normalized spacial score (nSPS) is 16.2. The molecule has 3 nitrogen and oxygen atoms in total. The van der Waals surface area contributed by atoms with Crippen LogP contribution in [0.2, 0.25) is 0 Å². The number of allylic oxidation sites excluding steroid dienone is 1. The molecular formula is C15H19NO2S. The van der Waals surface area contributed by atoms with Crippen LogP contribution in [0.15, 0.2) is 40.8 Å². The van der Waals surface area contributed by atoms with Gasteiger partial charge in [0.05, 0.1) is 16.6 Å². The topological polar surface area (TPSA) is 46.2 Å². The molecule has 1 aliphatic carbocycles. The third-order valence-electron chi connectivity index (χ3n) is 2.73. The van der Waals surface area contributed by atoms with E-state index in [0.717, 1.165) is 10.5 Å². The molecule has 0 bridgehead atoms. The van der Waals surface area contributed by atoms with Gasteiger partial charge in [0, 0.05) is 22.4 Å². The zero-order valence-electron chi connectivity index (χ0n) is 11.5. The Balaban J connectivity index is 1.97. The first-order chi connectivity index (χ1) is 8.87. The second kappa shape index (κ2) is 5.29. The Morgan fingerprint density at radius 2 is 1.89 bits per heavy atom. The van der Waals surface area contributed by atoms with Gasteiger partial charge in [0.2, 0.25) is 5.91 Å². The Bertz CT molecular complexity index is 541. The smallest absolute Gasteiger partial charge is 0.248 e. The molecule has 0 fully saturated rings. The second-order valence-electron chi connectivity index (χ2n) is 5.76. The molecule has 1 aromatic rings. The Kier molecular flexibility index (Phi) is 3.90. The number of rotatable bonds is 4. The van der Waals surface area contributed by atoms with Crippen LogP contribution in [-0.2, 0) is 21.3 Å². The summed E-state index contributed by atoms with van der Waals surface area (Å²) in [5, 5.41) is 2.90. The lowest BCUT2D eigenvalue weighted by molar-refractivity contribution is -0.118. The van der Waals surface area contributed by atoms with Crippen molar-refractivity contribution < 1.29 is 9.00 Å². The lowest BCUT2D eigenvalue weighted by Crippen LogP contribution is -2.40. The lowest BCUT2D eigenvalue weighted by atomic mass is 10.1. The predicted molar refractivity (Wildman–Crippen MR) is 77.8 cm³/mol. The summed E-state index contributed by atoms with van der Waals surface area (Å²) in [5.74, 6) is 0.409. The van der Waals surface area contributed by atoms with Gasteiger partial charge >= 0.3 is 0 Å². The third-order valence-corrected chi connectivity index (χ3v) is 4.26. The largest absolute Gasteiger partial charge is 0.348 e. The van der Waals surface area contributed by atoms with Crippen LogP contribution < -0.4 is 5.32 Å². The van der Waals surface area contributed by atoms with Crippen molar-refractivity contribution in [1.82, 2.24) is 5.32 Å². The minimum absolute atomic E-state index is 0.0797. The van der Waals surface area contributed by atoms with E-state index in [2.05, 4.69) is 5.32 Å². The standard InChI is InChI=1S/C15H19NO2S/c1-15(2,3)16-14(17)12-9-13(12)19(18)10-11-7-5-4-6-8-11/h4-8H,9-10H2,1-3H3,(H,16,17). The van der Waals surface area contributed by atoms with Crippen molar-refractivity contribution in [2.45, 2.75) is 38.5 Å². The first-order valence-corrected chi connectivity index (χ1v) is 7.65. The molecule has 0 heterocycles. The molecule has 0 saturated heterocycles. The quantitative estimate of drug-likeness (QED) is 0.919. The Labute approximate surface area is 116 Å². The Hall–Kier alpha value is -1.42. The van der Waals surface area contributed by atoms with Gasteiger partial charge in [0.25, 0.3) is 0 Å². The summed E-state index contributed by atoms with van der Waals surface area (Å²) in [6.07, 6.45) is 0.585. The minimum Gasteiger partial charge on any atom is -0.348 e. The number of nitrogens with one attached hydrogen (secondary N) is 1. The van der Waals surface area contributed by atoms with Crippen molar-refractivity contribution >= 4 is 16.7 Å². The molecule has 0 radical (unpaired) electrons.